The first-order valence-electron chi connectivity index (χ1n) is 6.32. The highest BCUT2D eigenvalue weighted by atomic mass is 35.5. The number of piperidine rings is 1. The topological polar surface area (TPSA) is 34.1 Å². The molecule has 0 radical (unpaired) electrons. The van der Waals surface area contributed by atoms with E-state index in [0.29, 0.717) is 5.92 Å². The molecule has 0 spiro atoms. The summed E-state index contributed by atoms with van der Waals surface area (Å²) in [5, 5.41) is 3.25. The highest BCUT2D eigenvalue weighted by Crippen LogP contribution is 2.34. The Labute approximate surface area is 122 Å². The highest BCUT2D eigenvalue weighted by Gasteiger charge is 2.36. The van der Waals surface area contributed by atoms with Crippen LogP contribution in [0.15, 0.2) is 18.3 Å². The van der Waals surface area contributed by atoms with E-state index in [1.807, 2.05) is 0 Å². The van der Waals surface area contributed by atoms with Crippen molar-refractivity contribution in [3.8, 4) is 5.75 Å². The van der Waals surface area contributed by atoms with Gasteiger partial charge in [-0.1, -0.05) is 6.92 Å². The van der Waals surface area contributed by atoms with Gasteiger partial charge in [-0.3, -0.25) is 0 Å². The average Bonchev–Trinajstić information content (AvgIpc) is 2.36. The standard InChI is InChI=1S/C13H17F3N2O.ClH/c1-9-5-10(7-17-6-9)8-19-11-3-2-4-18-12(11)13(14,15)16;/h2-4,9-10,17H,5-8H2,1H3;1H. The number of nitrogens with one attached hydrogen (secondary N) is 1. The zero-order chi connectivity index (χ0) is 13.9. The maximum Gasteiger partial charge on any atom is 0.437 e. The van der Waals surface area contributed by atoms with Gasteiger partial charge in [-0.2, -0.15) is 13.2 Å². The summed E-state index contributed by atoms with van der Waals surface area (Å²) in [6.45, 7) is 4.14. The van der Waals surface area contributed by atoms with Gasteiger partial charge in [0, 0.05) is 18.7 Å². The number of halogens is 4. The zero-order valence-electron chi connectivity index (χ0n) is 11.1. The van der Waals surface area contributed by atoms with Crippen molar-refractivity contribution in [2.45, 2.75) is 19.5 Å². The van der Waals surface area contributed by atoms with E-state index in [4.69, 9.17) is 4.74 Å². The molecule has 0 amide bonds. The van der Waals surface area contributed by atoms with Gasteiger partial charge in [0.1, 0.15) is 5.75 Å². The van der Waals surface area contributed by atoms with E-state index in [1.54, 1.807) is 0 Å². The van der Waals surface area contributed by atoms with Gasteiger partial charge in [0.25, 0.3) is 0 Å². The molecule has 0 bridgehead atoms. The quantitative estimate of drug-likeness (QED) is 0.931. The first-order chi connectivity index (χ1) is 8.97. The minimum absolute atomic E-state index is 0. The zero-order valence-corrected chi connectivity index (χ0v) is 11.9. The van der Waals surface area contributed by atoms with Crippen LogP contribution in [0.3, 0.4) is 0 Å². The fraction of sp³-hybridized carbons (Fsp3) is 0.615. The molecule has 114 valence electrons. The Morgan fingerprint density at radius 3 is 2.80 bits per heavy atom. The van der Waals surface area contributed by atoms with Crippen LogP contribution in [0.25, 0.3) is 0 Å². The highest BCUT2D eigenvalue weighted by molar-refractivity contribution is 5.85. The number of hydrogen-bond donors (Lipinski definition) is 1. The normalized spacial score (nSPS) is 23.0. The molecular formula is C13H18ClF3N2O. The molecule has 2 rings (SSSR count). The Morgan fingerprint density at radius 2 is 2.15 bits per heavy atom. The number of ether oxygens (including phenoxy) is 1. The lowest BCUT2D eigenvalue weighted by molar-refractivity contribution is -0.142. The van der Waals surface area contributed by atoms with E-state index in [0.717, 1.165) is 25.7 Å². The molecule has 1 aromatic heterocycles. The molecule has 7 heteroatoms. The minimum Gasteiger partial charge on any atom is -0.491 e. The van der Waals surface area contributed by atoms with Gasteiger partial charge >= 0.3 is 6.18 Å². The maximum atomic E-state index is 12.7. The van der Waals surface area contributed by atoms with E-state index in [9.17, 15) is 13.2 Å². The monoisotopic (exact) mass is 310 g/mol. The third kappa shape index (κ3) is 4.52. The summed E-state index contributed by atoms with van der Waals surface area (Å²) in [4.78, 5) is 3.36. The van der Waals surface area contributed by atoms with E-state index < -0.39 is 11.9 Å². The summed E-state index contributed by atoms with van der Waals surface area (Å²) in [7, 11) is 0. The molecule has 3 nitrogen and oxygen atoms in total. The van der Waals surface area contributed by atoms with Gasteiger partial charge in [0.2, 0.25) is 0 Å². The summed E-state index contributed by atoms with van der Waals surface area (Å²) in [5.74, 6) is 0.580. The molecule has 0 aromatic carbocycles. The molecule has 0 aliphatic carbocycles. The lowest BCUT2D eigenvalue weighted by Crippen LogP contribution is -2.37. The number of pyridine rings is 1. The van der Waals surface area contributed by atoms with E-state index in [1.165, 1.54) is 12.1 Å². The molecule has 20 heavy (non-hydrogen) atoms. The largest absolute Gasteiger partial charge is 0.491 e. The summed E-state index contributed by atoms with van der Waals surface area (Å²) in [6.07, 6.45) is -2.39. The first-order valence-corrected chi connectivity index (χ1v) is 6.32. The third-order valence-corrected chi connectivity index (χ3v) is 3.18. The molecule has 1 aliphatic rings. The van der Waals surface area contributed by atoms with E-state index in [-0.39, 0.29) is 30.7 Å². The Hall–Kier alpha value is -1.01. The molecule has 2 unspecified atom stereocenters. The Morgan fingerprint density at radius 1 is 1.40 bits per heavy atom. The van der Waals surface area contributed by atoms with Crippen molar-refractivity contribution in [2.75, 3.05) is 19.7 Å². The van der Waals surface area contributed by atoms with Crippen LogP contribution < -0.4 is 10.1 Å². The SMILES string of the molecule is CC1CNCC(COc2cccnc2C(F)(F)F)C1.Cl. The fourth-order valence-corrected chi connectivity index (χ4v) is 2.32. The Kier molecular flexibility index (Phi) is 6.07. The predicted molar refractivity (Wildman–Crippen MR) is 72.1 cm³/mol. The molecule has 2 atom stereocenters. The van der Waals surface area contributed by atoms with Crippen molar-refractivity contribution in [3.05, 3.63) is 24.0 Å². The van der Waals surface area contributed by atoms with E-state index in [2.05, 4.69) is 17.2 Å². The second-order valence-electron chi connectivity index (χ2n) is 5.02. The van der Waals surface area contributed by atoms with Crippen molar-refractivity contribution in [2.24, 2.45) is 11.8 Å². The van der Waals surface area contributed by atoms with Crippen molar-refractivity contribution >= 4 is 12.4 Å². The average molecular weight is 311 g/mol. The van der Waals surface area contributed by atoms with Crippen molar-refractivity contribution in [1.82, 2.24) is 10.3 Å². The molecule has 1 N–H and O–H groups in total. The van der Waals surface area contributed by atoms with Crippen LogP contribution in [0.2, 0.25) is 0 Å². The maximum absolute atomic E-state index is 12.7. The lowest BCUT2D eigenvalue weighted by Gasteiger charge is -2.27. The van der Waals surface area contributed by atoms with E-state index >= 15 is 0 Å². The van der Waals surface area contributed by atoms with Crippen LogP contribution in [0, 0.1) is 11.8 Å². The molecule has 2 heterocycles. The van der Waals surface area contributed by atoms with Crippen LogP contribution >= 0.6 is 12.4 Å². The molecule has 1 fully saturated rings. The van der Waals surface area contributed by atoms with Crippen molar-refractivity contribution in [3.63, 3.8) is 0 Å². The summed E-state index contributed by atoms with van der Waals surface area (Å²) < 4.78 is 43.5. The molecule has 1 saturated heterocycles. The minimum atomic E-state index is -4.48. The number of nitrogens with zero attached hydrogens (tertiary/aromatic N) is 1. The van der Waals surface area contributed by atoms with Crippen LogP contribution in [0.1, 0.15) is 19.0 Å². The lowest BCUT2D eigenvalue weighted by atomic mass is 9.92. The second kappa shape index (κ2) is 7.13. The van der Waals surface area contributed by atoms with Crippen LogP contribution in [-0.4, -0.2) is 24.7 Å². The first kappa shape index (κ1) is 17.0. The predicted octanol–water partition coefficient (Wildman–Crippen LogP) is 3.15. The van der Waals surface area contributed by atoms with Gasteiger partial charge < -0.3 is 10.1 Å². The number of aromatic nitrogens is 1. The van der Waals surface area contributed by atoms with Crippen molar-refractivity contribution < 1.29 is 17.9 Å². The van der Waals surface area contributed by atoms with Gasteiger partial charge in [0.15, 0.2) is 5.69 Å². The summed E-state index contributed by atoms with van der Waals surface area (Å²) in [5.41, 5.74) is -0.952. The molecule has 1 aliphatic heterocycles. The van der Waals surface area contributed by atoms with Gasteiger partial charge in [-0.15, -0.1) is 12.4 Å². The number of rotatable bonds is 3. The Balaban J connectivity index is 0.00000200. The summed E-state index contributed by atoms with van der Waals surface area (Å²) >= 11 is 0. The van der Waals surface area contributed by atoms with Crippen LogP contribution in [0.4, 0.5) is 13.2 Å². The molecule has 0 saturated carbocycles. The van der Waals surface area contributed by atoms with Gasteiger partial charge in [-0.25, -0.2) is 4.98 Å². The fourth-order valence-electron chi connectivity index (χ4n) is 2.32. The number of hydrogen-bond acceptors (Lipinski definition) is 3. The van der Waals surface area contributed by atoms with Gasteiger partial charge in [-0.05, 0) is 31.0 Å². The molecular weight excluding hydrogens is 293 g/mol. The summed E-state index contributed by atoms with van der Waals surface area (Å²) in [6, 6.07) is 2.77. The Bertz CT molecular complexity index is 428. The molecule has 1 aromatic rings. The van der Waals surface area contributed by atoms with Crippen molar-refractivity contribution in [1.29, 1.82) is 0 Å². The van der Waals surface area contributed by atoms with Crippen LogP contribution in [-0.2, 0) is 6.18 Å². The smallest absolute Gasteiger partial charge is 0.437 e. The third-order valence-electron chi connectivity index (χ3n) is 3.18. The van der Waals surface area contributed by atoms with Gasteiger partial charge in [0.05, 0.1) is 6.61 Å². The second-order valence-corrected chi connectivity index (χ2v) is 5.02. The van der Waals surface area contributed by atoms with Crippen LogP contribution in [0.5, 0.6) is 5.75 Å². The number of alkyl halides is 3.